The van der Waals surface area contributed by atoms with Crippen molar-refractivity contribution in [2.24, 2.45) is 0 Å². The molecule has 0 fully saturated rings. The first-order chi connectivity index (χ1) is 8.20. The monoisotopic (exact) mass is 253 g/mol. The van der Waals surface area contributed by atoms with Gasteiger partial charge in [0.1, 0.15) is 11.7 Å². The molecule has 0 saturated carbocycles. The maximum absolute atomic E-state index is 11.8. The Labute approximate surface area is 106 Å². The molecule has 1 rings (SSSR count). The van der Waals surface area contributed by atoms with Gasteiger partial charge in [0.2, 0.25) is 5.91 Å². The van der Waals surface area contributed by atoms with Crippen LogP contribution in [0, 0.1) is 0 Å². The highest BCUT2D eigenvalue weighted by Gasteiger charge is 2.22. The zero-order chi connectivity index (χ0) is 13.9. The van der Waals surface area contributed by atoms with Gasteiger partial charge in [-0.3, -0.25) is 14.7 Å². The average Bonchev–Trinajstić information content (AvgIpc) is 2.61. The normalized spacial score (nSPS) is 12.9. The van der Waals surface area contributed by atoms with Crippen LogP contribution in [-0.4, -0.2) is 33.6 Å². The van der Waals surface area contributed by atoms with E-state index in [9.17, 15) is 9.59 Å². The van der Waals surface area contributed by atoms with E-state index in [1.54, 1.807) is 6.92 Å². The third-order valence-electron chi connectivity index (χ3n) is 2.13. The number of nitrogens with two attached hydrogens (primary N) is 1. The quantitative estimate of drug-likeness (QED) is 0.608. The topological polar surface area (TPSA) is 113 Å². The highest BCUT2D eigenvalue weighted by atomic mass is 16.2. The van der Waals surface area contributed by atoms with Gasteiger partial charge in [0.05, 0.1) is 11.9 Å². The summed E-state index contributed by atoms with van der Waals surface area (Å²) < 4.78 is 0. The summed E-state index contributed by atoms with van der Waals surface area (Å²) in [5.41, 5.74) is 5.60. The first-order valence-electron chi connectivity index (χ1n) is 5.62. The van der Waals surface area contributed by atoms with Crippen molar-refractivity contribution in [3.63, 3.8) is 0 Å². The molecule has 5 N–H and O–H groups in total. The number of hydrogen-bond donors (Lipinski definition) is 4. The molecule has 0 aliphatic carbocycles. The predicted octanol–water partition coefficient (Wildman–Crippen LogP) is 0.0249. The zero-order valence-electron chi connectivity index (χ0n) is 11.0. The Morgan fingerprint density at radius 2 is 2.06 bits per heavy atom. The molecule has 0 bridgehead atoms. The smallest absolute Gasteiger partial charge is 0.272 e. The van der Waals surface area contributed by atoms with Gasteiger partial charge in [-0.15, -0.1) is 0 Å². The van der Waals surface area contributed by atoms with E-state index in [4.69, 9.17) is 5.73 Å². The summed E-state index contributed by atoms with van der Waals surface area (Å²) in [6, 6.07) is -0.653. The second-order valence-electron chi connectivity index (χ2n) is 5.13. The standard InChI is InChI=1S/C11H19N5O2/c1-6(9(17)15-11(2,3)4)14-10(18)8-7(12)5-13-16-8/h5-6H,12H2,1-4H3,(H,13,16)(H,14,18)(H,15,17). The largest absolute Gasteiger partial charge is 0.396 e. The van der Waals surface area contributed by atoms with Crippen LogP contribution >= 0.6 is 0 Å². The van der Waals surface area contributed by atoms with Gasteiger partial charge in [0, 0.05) is 5.54 Å². The zero-order valence-corrected chi connectivity index (χ0v) is 11.0. The highest BCUT2D eigenvalue weighted by molar-refractivity contribution is 5.99. The van der Waals surface area contributed by atoms with E-state index < -0.39 is 11.9 Å². The van der Waals surface area contributed by atoms with Crippen LogP contribution in [0.5, 0.6) is 0 Å². The second kappa shape index (κ2) is 5.07. The van der Waals surface area contributed by atoms with Gasteiger partial charge in [-0.2, -0.15) is 5.10 Å². The lowest BCUT2D eigenvalue weighted by Crippen LogP contribution is -2.50. The van der Waals surface area contributed by atoms with Crippen molar-refractivity contribution >= 4 is 17.5 Å². The summed E-state index contributed by atoms with van der Waals surface area (Å²) in [7, 11) is 0. The highest BCUT2D eigenvalue weighted by Crippen LogP contribution is 2.06. The number of carbonyl (C=O) groups is 2. The minimum atomic E-state index is -0.653. The lowest BCUT2D eigenvalue weighted by Gasteiger charge is -2.23. The summed E-state index contributed by atoms with van der Waals surface area (Å²) in [5, 5.41) is 11.4. The number of hydrogen-bond acceptors (Lipinski definition) is 4. The van der Waals surface area contributed by atoms with E-state index in [-0.39, 0.29) is 22.8 Å². The Morgan fingerprint density at radius 3 is 2.50 bits per heavy atom. The average molecular weight is 253 g/mol. The van der Waals surface area contributed by atoms with E-state index in [1.807, 2.05) is 20.8 Å². The maximum Gasteiger partial charge on any atom is 0.272 e. The van der Waals surface area contributed by atoms with Crippen molar-refractivity contribution in [3.8, 4) is 0 Å². The van der Waals surface area contributed by atoms with Gasteiger partial charge in [0.15, 0.2) is 0 Å². The maximum atomic E-state index is 11.8. The minimum absolute atomic E-state index is 0.158. The molecule has 1 unspecified atom stereocenters. The molecule has 7 heteroatoms. The van der Waals surface area contributed by atoms with E-state index in [2.05, 4.69) is 20.8 Å². The molecule has 0 saturated heterocycles. The number of carbonyl (C=O) groups excluding carboxylic acids is 2. The molecule has 0 spiro atoms. The number of nitrogens with one attached hydrogen (secondary N) is 3. The summed E-state index contributed by atoms with van der Waals surface area (Å²) >= 11 is 0. The molecule has 1 heterocycles. The van der Waals surface area contributed by atoms with Crippen molar-refractivity contribution in [3.05, 3.63) is 11.9 Å². The fraction of sp³-hybridized carbons (Fsp3) is 0.545. The molecule has 7 nitrogen and oxygen atoms in total. The van der Waals surface area contributed by atoms with Crippen LogP contribution < -0.4 is 16.4 Å². The molecule has 2 amide bonds. The third kappa shape index (κ3) is 3.76. The molecular formula is C11H19N5O2. The Balaban J connectivity index is 2.60. The van der Waals surface area contributed by atoms with Crippen LogP contribution in [0.4, 0.5) is 5.69 Å². The second-order valence-corrected chi connectivity index (χ2v) is 5.13. The fourth-order valence-electron chi connectivity index (χ4n) is 1.29. The van der Waals surface area contributed by atoms with Crippen LogP contribution in [0.2, 0.25) is 0 Å². The molecule has 0 radical (unpaired) electrons. The van der Waals surface area contributed by atoms with E-state index >= 15 is 0 Å². The van der Waals surface area contributed by atoms with Crippen molar-refractivity contribution < 1.29 is 9.59 Å². The van der Waals surface area contributed by atoms with Gasteiger partial charge in [0.25, 0.3) is 5.91 Å². The fourth-order valence-corrected chi connectivity index (χ4v) is 1.29. The summed E-state index contributed by atoms with van der Waals surface area (Å²) in [5.74, 6) is -0.713. The van der Waals surface area contributed by atoms with Crippen molar-refractivity contribution in [1.29, 1.82) is 0 Å². The number of rotatable bonds is 3. The molecule has 1 aromatic rings. The Hall–Kier alpha value is -2.05. The Morgan fingerprint density at radius 1 is 1.44 bits per heavy atom. The number of nitrogens with zero attached hydrogens (tertiary/aromatic N) is 1. The molecule has 100 valence electrons. The summed E-state index contributed by atoms with van der Waals surface area (Å²) in [4.78, 5) is 23.5. The molecule has 0 aromatic carbocycles. The van der Waals surface area contributed by atoms with E-state index in [0.29, 0.717) is 0 Å². The molecular weight excluding hydrogens is 234 g/mol. The minimum Gasteiger partial charge on any atom is -0.396 e. The number of aromatic nitrogens is 2. The number of amides is 2. The van der Waals surface area contributed by atoms with E-state index in [1.165, 1.54) is 6.20 Å². The van der Waals surface area contributed by atoms with Crippen LogP contribution in [-0.2, 0) is 4.79 Å². The summed E-state index contributed by atoms with van der Waals surface area (Å²) in [6.07, 6.45) is 1.34. The SMILES string of the molecule is CC(NC(=O)c1[nH]ncc1N)C(=O)NC(C)(C)C. The lowest BCUT2D eigenvalue weighted by atomic mass is 10.1. The first-order valence-corrected chi connectivity index (χ1v) is 5.62. The van der Waals surface area contributed by atoms with Crippen LogP contribution in [0.25, 0.3) is 0 Å². The number of aromatic amines is 1. The third-order valence-corrected chi connectivity index (χ3v) is 2.13. The van der Waals surface area contributed by atoms with Crippen molar-refractivity contribution in [2.75, 3.05) is 5.73 Å². The van der Waals surface area contributed by atoms with Crippen molar-refractivity contribution in [2.45, 2.75) is 39.3 Å². The number of H-pyrrole nitrogens is 1. The van der Waals surface area contributed by atoms with Gasteiger partial charge >= 0.3 is 0 Å². The summed E-state index contributed by atoms with van der Waals surface area (Å²) in [6.45, 7) is 7.20. The van der Waals surface area contributed by atoms with Crippen LogP contribution in [0.3, 0.4) is 0 Å². The van der Waals surface area contributed by atoms with E-state index in [0.717, 1.165) is 0 Å². The molecule has 1 atom stereocenters. The Bertz CT molecular complexity index is 447. The molecule has 0 aliphatic heterocycles. The predicted molar refractivity (Wildman–Crippen MR) is 67.8 cm³/mol. The first kappa shape index (κ1) is 14.0. The van der Waals surface area contributed by atoms with Gasteiger partial charge in [-0.05, 0) is 27.7 Å². The number of anilines is 1. The van der Waals surface area contributed by atoms with Gasteiger partial charge in [-0.1, -0.05) is 0 Å². The van der Waals surface area contributed by atoms with Crippen LogP contribution in [0.1, 0.15) is 38.2 Å². The van der Waals surface area contributed by atoms with Gasteiger partial charge < -0.3 is 16.4 Å². The Kier molecular flexibility index (Phi) is 3.95. The van der Waals surface area contributed by atoms with Gasteiger partial charge in [-0.25, -0.2) is 0 Å². The molecule has 0 aliphatic rings. The van der Waals surface area contributed by atoms with Crippen LogP contribution in [0.15, 0.2) is 6.20 Å². The van der Waals surface area contributed by atoms with Crippen molar-refractivity contribution in [1.82, 2.24) is 20.8 Å². The number of nitrogen functional groups attached to an aromatic ring is 1. The lowest BCUT2D eigenvalue weighted by molar-refractivity contribution is -0.124. The molecule has 1 aromatic heterocycles. The molecule has 18 heavy (non-hydrogen) atoms.